The largest absolute Gasteiger partial charge is 0.481 e. The molecule has 12 heteroatoms. The van der Waals surface area contributed by atoms with Crippen molar-refractivity contribution in [3.05, 3.63) is 83.1 Å². The van der Waals surface area contributed by atoms with Crippen LogP contribution in [-0.4, -0.2) is 26.1 Å². The molecular formula is C24H28F2NO7PS. The zero-order chi connectivity index (χ0) is 26.9. The van der Waals surface area contributed by atoms with E-state index in [9.17, 15) is 26.6 Å². The molecule has 0 saturated carbocycles. The monoisotopic (exact) mass is 543 g/mol. The van der Waals surface area contributed by atoms with Crippen LogP contribution < -0.4 is 9.46 Å². The van der Waals surface area contributed by atoms with Gasteiger partial charge in [-0.3, -0.25) is 9.36 Å². The average Bonchev–Trinajstić information content (AvgIpc) is 2.86. The van der Waals surface area contributed by atoms with E-state index in [1.807, 2.05) is 0 Å². The van der Waals surface area contributed by atoms with Crippen molar-refractivity contribution in [2.45, 2.75) is 38.4 Å². The normalized spacial score (nSPS) is 14.6. The van der Waals surface area contributed by atoms with Gasteiger partial charge >= 0.3 is 5.97 Å². The molecule has 2 aromatic carbocycles. The van der Waals surface area contributed by atoms with Gasteiger partial charge in [0.15, 0.2) is 25.4 Å². The highest BCUT2D eigenvalue weighted by Crippen LogP contribution is 2.29. The van der Waals surface area contributed by atoms with E-state index in [1.165, 1.54) is 31.2 Å². The number of allylic oxidation sites excluding steroid dienone is 2. The van der Waals surface area contributed by atoms with E-state index in [-0.39, 0.29) is 17.2 Å². The summed E-state index contributed by atoms with van der Waals surface area (Å²) in [6.07, 6.45) is 1.21. The van der Waals surface area contributed by atoms with Gasteiger partial charge in [-0.2, -0.15) is 0 Å². The van der Waals surface area contributed by atoms with Crippen LogP contribution in [0.5, 0.6) is 5.75 Å². The van der Waals surface area contributed by atoms with Gasteiger partial charge < -0.3 is 14.4 Å². The number of benzene rings is 2. The maximum Gasteiger partial charge on any atom is 0.313 e. The molecule has 0 aliphatic heterocycles. The van der Waals surface area contributed by atoms with Crippen molar-refractivity contribution in [2.24, 2.45) is 5.92 Å². The molecule has 2 aromatic rings. The van der Waals surface area contributed by atoms with E-state index >= 15 is 0 Å². The van der Waals surface area contributed by atoms with Crippen LogP contribution in [-0.2, 0) is 36.6 Å². The zero-order valence-corrected chi connectivity index (χ0v) is 21.8. The molecule has 0 amide bonds. The lowest BCUT2D eigenvalue weighted by molar-refractivity contribution is -0.140. The Bertz CT molecular complexity index is 1240. The highest BCUT2D eigenvalue weighted by Gasteiger charge is 2.25. The first-order valence-electron chi connectivity index (χ1n) is 10.9. The number of ether oxygens (including phenoxy) is 1. The third-order valence-electron chi connectivity index (χ3n) is 4.93. The van der Waals surface area contributed by atoms with Crippen LogP contribution in [0.25, 0.3) is 0 Å². The molecule has 0 fully saturated rings. The van der Waals surface area contributed by atoms with Gasteiger partial charge in [0.05, 0.1) is 11.5 Å². The summed E-state index contributed by atoms with van der Waals surface area (Å²) >= 11 is 0. The summed E-state index contributed by atoms with van der Waals surface area (Å²) < 4.78 is 78.3. The third-order valence-corrected chi connectivity index (χ3v) is 7.66. The van der Waals surface area contributed by atoms with Crippen molar-refractivity contribution < 1.29 is 40.9 Å². The van der Waals surface area contributed by atoms with Gasteiger partial charge in [0, 0.05) is 12.7 Å². The Labute approximate surface area is 209 Å². The highest BCUT2D eigenvalue weighted by molar-refractivity contribution is 7.89. The minimum atomic E-state index is -3.92. The van der Waals surface area contributed by atoms with Crippen LogP contribution in [0.3, 0.4) is 0 Å². The van der Waals surface area contributed by atoms with E-state index in [0.29, 0.717) is 18.3 Å². The van der Waals surface area contributed by atoms with Crippen LogP contribution in [0.1, 0.15) is 31.9 Å². The first-order valence-corrected chi connectivity index (χ1v) is 13.9. The number of carboxylic acid groups (broad SMARTS) is 1. The molecule has 2 rings (SSSR count). The summed E-state index contributed by atoms with van der Waals surface area (Å²) in [5.74, 6) is -6.53. The number of carboxylic acids is 1. The Morgan fingerprint density at radius 3 is 2.22 bits per heavy atom. The van der Waals surface area contributed by atoms with Crippen LogP contribution in [0.4, 0.5) is 8.78 Å². The van der Waals surface area contributed by atoms with Crippen molar-refractivity contribution in [1.82, 2.24) is 4.72 Å². The highest BCUT2D eigenvalue weighted by atomic mass is 32.2. The third kappa shape index (κ3) is 8.37. The van der Waals surface area contributed by atoms with Gasteiger partial charge in [-0.1, -0.05) is 24.3 Å². The van der Waals surface area contributed by atoms with E-state index < -0.39 is 47.4 Å². The minimum absolute atomic E-state index is 0.000804. The first kappa shape index (κ1) is 29.4. The van der Waals surface area contributed by atoms with E-state index in [0.717, 1.165) is 18.6 Å². The molecule has 0 saturated heterocycles. The van der Waals surface area contributed by atoms with Gasteiger partial charge in [-0.05, 0) is 62.2 Å². The molecule has 8 nitrogen and oxygen atoms in total. The predicted octanol–water partition coefficient (Wildman–Crippen LogP) is 5.33. The molecular weight excluding hydrogens is 515 g/mol. The molecule has 196 valence electrons. The standard InChI is InChI=1S/C24H28F2NO7PS/c1-4-21(25)23(22(26)16(3)24(28)29)34-19-10-12-20(13-11-19)36(31,32)27-14-17-6-8-18(9-7-17)15-35(30)33-5-2/h4,6-13,16,27,35H,5,14-15H2,1-3H3,(H,28,29)/b21-4+,23-22-. The summed E-state index contributed by atoms with van der Waals surface area (Å²) in [7, 11) is -6.07. The summed E-state index contributed by atoms with van der Waals surface area (Å²) in [5, 5.41) is 8.99. The lowest BCUT2D eigenvalue weighted by Crippen LogP contribution is -2.23. The Morgan fingerprint density at radius 2 is 1.69 bits per heavy atom. The molecule has 36 heavy (non-hydrogen) atoms. The smallest absolute Gasteiger partial charge is 0.313 e. The minimum Gasteiger partial charge on any atom is -0.481 e. The van der Waals surface area contributed by atoms with Gasteiger partial charge in [0.25, 0.3) is 0 Å². The lowest BCUT2D eigenvalue weighted by Gasteiger charge is -2.13. The number of hydrogen-bond acceptors (Lipinski definition) is 6. The average molecular weight is 544 g/mol. The molecule has 2 unspecified atom stereocenters. The molecule has 0 aliphatic rings. The summed E-state index contributed by atoms with van der Waals surface area (Å²) in [6.45, 7) is 4.46. The van der Waals surface area contributed by atoms with Crippen LogP contribution >= 0.6 is 8.03 Å². The molecule has 2 N–H and O–H groups in total. The zero-order valence-electron chi connectivity index (χ0n) is 20.0. The van der Waals surface area contributed by atoms with Gasteiger partial charge in [-0.15, -0.1) is 0 Å². The van der Waals surface area contributed by atoms with Gasteiger partial charge in [0.2, 0.25) is 10.0 Å². The Kier molecular flexibility index (Phi) is 11.0. The number of rotatable bonds is 13. The van der Waals surface area contributed by atoms with E-state index in [2.05, 4.69) is 4.72 Å². The quantitative estimate of drug-likeness (QED) is 0.199. The number of hydrogen-bond donors (Lipinski definition) is 2. The van der Waals surface area contributed by atoms with E-state index in [4.69, 9.17) is 14.4 Å². The Morgan fingerprint density at radius 1 is 1.11 bits per heavy atom. The number of aliphatic carboxylic acids is 1. The molecule has 0 radical (unpaired) electrons. The summed E-state index contributed by atoms with van der Waals surface area (Å²) in [5.41, 5.74) is 1.49. The first-order chi connectivity index (χ1) is 17.0. The number of sulfonamides is 1. The van der Waals surface area contributed by atoms with Crippen molar-refractivity contribution in [1.29, 1.82) is 0 Å². The lowest BCUT2D eigenvalue weighted by atomic mass is 10.1. The predicted molar refractivity (Wildman–Crippen MR) is 132 cm³/mol. The fraction of sp³-hybridized carbons (Fsp3) is 0.292. The number of halogens is 2. The van der Waals surface area contributed by atoms with Crippen LogP contribution in [0, 0.1) is 5.92 Å². The van der Waals surface area contributed by atoms with Gasteiger partial charge in [0.1, 0.15) is 11.7 Å². The van der Waals surface area contributed by atoms with Crippen molar-refractivity contribution in [3.63, 3.8) is 0 Å². The van der Waals surface area contributed by atoms with Crippen molar-refractivity contribution in [2.75, 3.05) is 6.61 Å². The van der Waals surface area contributed by atoms with Crippen molar-refractivity contribution in [3.8, 4) is 5.75 Å². The van der Waals surface area contributed by atoms with Crippen LogP contribution in [0.2, 0.25) is 0 Å². The van der Waals surface area contributed by atoms with Crippen molar-refractivity contribution >= 4 is 24.0 Å². The van der Waals surface area contributed by atoms with E-state index in [1.54, 1.807) is 31.2 Å². The molecule has 0 spiro atoms. The maximum absolute atomic E-state index is 14.5. The Balaban J connectivity index is 2.10. The molecule has 2 atom stereocenters. The number of carbonyl (C=O) groups is 1. The second kappa shape index (κ2) is 13.5. The van der Waals surface area contributed by atoms with Crippen LogP contribution in [0.15, 0.2) is 76.9 Å². The fourth-order valence-corrected chi connectivity index (χ4v) is 4.88. The number of nitrogens with one attached hydrogen (secondary N) is 1. The summed E-state index contributed by atoms with van der Waals surface area (Å²) in [6, 6.07) is 11.7. The fourth-order valence-electron chi connectivity index (χ4n) is 2.87. The second-order valence-electron chi connectivity index (χ2n) is 7.57. The molecule has 0 aliphatic carbocycles. The second-order valence-corrected chi connectivity index (χ2v) is 10.7. The molecule has 0 aromatic heterocycles. The topological polar surface area (TPSA) is 119 Å². The molecule has 0 bridgehead atoms. The summed E-state index contributed by atoms with van der Waals surface area (Å²) in [4.78, 5) is 10.9. The molecule has 0 heterocycles. The maximum atomic E-state index is 14.5. The Hall–Kier alpha value is -2.85. The SMILES string of the molecule is C/C=C(F)\C(Oc1ccc(S(=O)(=O)NCc2ccc(C[PH](=O)OCC)cc2)cc1)=C(\F)C(C)C(=O)O. The van der Waals surface area contributed by atoms with Gasteiger partial charge in [-0.25, -0.2) is 21.9 Å².